The number of aromatic nitrogens is 5. The molecule has 1 saturated carbocycles. The van der Waals surface area contributed by atoms with Gasteiger partial charge in [-0.1, -0.05) is 12.8 Å². The first-order chi connectivity index (χ1) is 10.2. The molecule has 21 heavy (non-hydrogen) atoms. The van der Waals surface area contributed by atoms with Gasteiger partial charge in [0, 0.05) is 25.5 Å². The van der Waals surface area contributed by atoms with Crippen LogP contribution in [0.5, 0.6) is 0 Å². The molecule has 0 radical (unpaired) electrons. The van der Waals surface area contributed by atoms with E-state index in [9.17, 15) is 4.79 Å². The summed E-state index contributed by atoms with van der Waals surface area (Å²) in [6.45, 7) is 1.93. The lowest BCUT2D eigenvalue weighted by Gasteiger charge is -2.18. The van der Waals surface area contributed by atoms with E-state index in [1.807, 2.05) is 6.92 Å². The summed E-state index contributed by atoms with van der Waals surface area (Å²) in [5, 5.41) is 11.1. The Morgan fingerprint density at radius 1 is 1.43 bits per heavy atom. The minimum atomic E-state index is -0.198. The molecule has 0 aromatic carbocycles. The Balaban J connectivity index is 1.74. The molecule has 1 aliphatic rings. The van der Waals surface area contributed by atoms with Crippen molar-refractivity contribution in [1.29, 1.82) is 0 Å². The SMILES string of the molecule is C[C@@H](NC(=O)c1nccn1C)c1nncn1C1CCCC1. The van der Waals surface area contributed by atoms with Gasteiger partial charge >= 0.3 is 0 Å². The van der Waals surface area contributed by atoms with Crippen LogP contribution in [0.4, 0.5) is 0 Å². The highest BCUT2D eigenvalue weighted by molar-refractivity contribution is 5.90. The summed E-state index contributed by atoms with van der Waals surface area (Å²) in [5.74, 6) is 1.01. The molecule has 3 rings (SSSR count). The summed E-state index contributed by atoms with van der Waals surface area (Å²) in [6, 6.07) is 0.264. The number of nitrogens with one attached hydrogen (secondary N) is 1. The molecule has 7 nitrogen and oxygen atoms in total. The Morgan fingerprint density at radius 2 is 2.19 bits per heavy atom. The van der Waals surface area contributed by atoms with E-state index in [0.29, 0.717) is 11.9 Å². The molecule has 0 unspecified atom stereocenters. The van der Waals surface area contributed by atoms with Gasteiger partial charge in [-0.2, -0.15) is 0 Å². The number of carbonyl (C=O) groups excluding carboxylic acids is 1. The van der Waals surface area contributed by atoms with Crippen LogP contribution in [0.25, 0.3) is 0 Å². The van der Waals surface area contributed by atoms with Crippen LogP contribution in [0.3, 0.4) is 0 Å². The minimum absolute atomic E-state index is 0.197. The molecule has 0 aliphatic heterocycles. The van der Waals surface area contributed by atoms with Gasteiger partial charge in [0.25, 0.3) is 5.91 Å². The van der Waals surface area contributed by atoms with Gasteiger partial charge in [-0.15, -0.1) is 10.2 Å². The Morgan fingerprint density at radius 3 is 2.86 bits per heavy atom. The monoisotopic (exact) mass is 288 g/mol. The van der Waals surface area contributed by atoms with E-state index < -0.39 is 0 Å². The van der Waals surface area contributed by atoms with Crippen molar-refractivity contribution in [1.82, 2.24) is 29.6 Å². The number of hydrogen-bond acceptors (Lipinski definition) is 4. The van der Waals surface area contributed by atoms with E-state index in [1.165, 1.54) is 12.8 Å². The number of nitrogens with zero attached hydrogens (tertiary/aromatic N) is 5. The predicted molar refractivity (Wildman–Crippen MR) is 76.6 cm³/mol. The molecular formula is C14H20N6O. The standard InChI is InChI=1S/C14H20N6O/c1-10(17-14(21)13-15-7-8-19(13)2)12-18-16-9-20(12)11-5-3-4-6-11/h7-11H,3-6H2,1-2H3,(H,17,21)/t10-/m1/s1. The summed E-state index contributed by atoms with van der Waals surface area (Å²) in [4.78, 5) is 16.3. The second-order valence-electron chi connectivity index (χ2n) is 5.59. The van der Waals surface area contributed by atoms with E-state index in [2.05, 4.69) is 25.1 Å². The largest absolute Gasteiger partial charge is 0.340 e. The topological polar surface area (TPSA) is 77.6 Å². The maximum atomic E-state index is 12.2. The summed E-state index contributed by atoms with van der Waals surface area (Å²) in [6.07, 6.45) is 9.94. The average molecular weight is 288 g/mol. The fraction of sp³-hybridized carbons (Fsp3) is 0.571. The number of imidazole rings is 1. The highest BCUT2D eigenvalue weighted by Gasteiger charge is 2.24. The maximum Gasteiger partial charge on any atom is 0.287 e. The molecule has 112 valence electrons. The van der Waals surface area contributed by atoms with Crippen LogP contribution < -0.4 is 5.32 Å². The van der Waals surface area contributed by atoms with Crippen molar-refractivity contribution in [2.75, 3.05) is 0 Å². The van der Waals surface area contributed by atoms with E-state index in [-0.39, 0.29) is 11.9 Å². The van der Waals surface area contributed by atoms with Crippen molar-refractivity contribution in [3.63, 3.8) is 0 Å². The van der Waals surface area contributed by atoms with E-state index in [4.69, 9.17) is 0 Å². The van der Waals surface area contributed by atoms with Crippen LogP contribution in [0.15, 0.2) is 18.7 Å². The zero-order valence-electron chi connectivity index (χ0n) is 12.4. The molecule has 1 atom stereocenters. The quantitative estimate of drug-likeness (QED) is 0.927. The van der Waals surface area contributed by atoms with Crippen molar-refractivity contribution in [3.8, 4) is 0 Å². The molecule has 2 aromatic rings. The summed E-state index contributed by atoms with van der Waals surface area (Å²) < 4.78 is 3.81. The summed E-state index contributed by atoms with van der Waals surface area (Å²) >= 11 is 0. The fourth-order valence-electron chi connectivity index (χ4n) is 2.94. The molecule has 1 aliphatic carbocycles. The maximum absolute atomic E-state index is 12.2. The highest BCUT2D eigenvalue weighted by atomic mass is 16.2. The molecule has 0 saturated heterocycles. The minimum Gasteiger partial charge on any atom is -0.340 e. The van der Waals surface area contributed by atoms with Gasteiger partial charge in [0.2, 0.25) is 0 Å². The van der Waals surface area contributed by atoms with E-state index in [0.717, 1.165) is 18.7 Å². The third-order valence-electron chi connectivity index (χ3n) is 4.08. The molecule has 0 bridgehead atoms. The fourth-order valence-corrected chi connectivity index (χ4v) is 2.94. The van der Waals surface area contributed by atoms with E-state index >= 15 is 0 Å². The van der Waals surface area contributed by atoms with Crippen LogP contribution in [0.2, 0.25) is 0 Å². The van der Waals surface area contributed by atoms with Gasteiger partial charge in [0.15, 0.2) is 11.6 Å². The zero-order chi connectivity index (χ0) is 14.8. The van der Waals surface area contributed by atoms with Crippen LogP contribution in [-0.4, -0.2) is 30.2 Å². The van der Waals surface area contributed by atoms with Crippen LogP contribution in [0, 0.1) is 0 Å². The second-order valence-corrected chi connectivity index (χ2v) is 5.59. The zero-order valence-corrected chi connectivity index (χ0v) is 12.4. The van der Waals surface area contributed by atoms with Gasteiger partial charge < -0.3 is 14.5 Å². The predicted octanol–water partition coefficient (Wildman–Crippen LogP) is 1.62. The normalized spacial score (nSPS) is 17.0. The van der Waals surface area contributed by atoms with Gasteiger partial charge in [-0.05, 0) is 19.8 Å². The first kappa shape index (κ1) is 13.8. The van der Waals surface area contributed by atoms with Crippen molar-refractivity contribution < 1.29 is 4.79 Å². The lowest BCUT2D eigenvalue weighted by atomic mass is 10.2. The van der Waals surface area contributed by atoms with Crippen LogP contribution in [-0.2, 0) is 7.05 Å². The third kappa shape index (κ3) is 2.68. The highest BCUT2D eigenvalue weighted by Crippen LogP contribution is 2.31. The number of carbonyl (C=O) groups is 1. The molecule has 7 heteroatoms. The molecule has 2 aromatic heterocycles. The lowest BCUT2D eigenvalue weighted by molar-refractivity contribution is 0.0923. The van der Waals surface area contributed by atoms with Gasteiger partial charge in [0.1, 0.15) is 6.33 Å². The van der Waals surface area contributed by atoms with Crippen LogP contribution in [0.1, 0.15) is 61.1 Å². The average Bonchev–Trinajstić information content (AvgIpc) is 3.19. The number of hydrogen-bond donors (Lipinski definition) is 1. The first-order valence-electron chi connectivity index (χ1n) is 7.34. The van der Waals surface area contributed by atoms with Crippen LogP contribution >= 0.6 is 0 Å². The number of rotatable bonds is 4. The molecule has 2 heterocycles. The summed E-state index contributed by atoms with van der Waals surface area (Å²) in [5.41, 5.74) is 0. The first-order valence-corrected chi connectivity index (χ1v) is 7.34. The number of amides is 1. The third-order valence-corrected chi connectivity index (χ3v) is 4.08. The van der Waals surface area contributed by atoms with Gasteiger partial charge in [0.05, 0.1) is 6.04 Å². The Bertz CT molecular complexity index is 625. The van der Waals surface area contributed by atoms with Crippen molar-refractivity contribution in [3.05, 3.63) is 30.4 Å². The molecule has 1 fully saturated rings. The van der Waals surface area contributed by atoms with Gasteiger partial charge in [-0.3, -0.25) is 4.79 Å². The Kier molecular flexibility index (Phi) is 3.72. The Labute approximate surface area is 123 Å². The van der Waals surface area contributed by atoms with Gasteiger partial charge in [-0.25, -0.2) is 4.98 Å². The van der Waals surface area contributed by atoms with Crippen molar-refractivity contribution >= 4 is 5.91 Å². The summed E-state index contributed by atoms with van der Waals surface area (Å²) in [7, 11) is 1.80. The molecular weight excluding hydrogens is 268 g/mol. The number of aryl methyl sites for hydroxylation is 1. The smallest absolute Gasteiger partial charge is 0.287 e. The Hall–Kier alpha value is -2.18. The second kappa shape index (κ2) is 5.67. The molecule has 1 N–H and O–H groups in total. The van der Waals surface area contributed by atoms with E-state index in [1.54, 1.807) is 30.3 Å². The van der Waals surface area contributed by atoms with Crippen molar-refractivity contribution in [2.45, 2.75) is 44.7 Å². The lowest BCUT2D eigenvalue weighted by Crippen LogP contribution is -2.31. The van der Waals surface area contributed by atoms with Crippen molar-refractivity contribution in [2.24, 2.45) is 7.05 Å². The molecule has 1 amide bonds. The molecule has 0 spiro atoms.